The van der Waals surface area contributed by atoms with E-state index in [0.29, 0.717) is 24.2 Å². The fourth-order valence-corrected chi connectivity index (χ4v) is 2.01. The number of methoxy groups -OCH3 is 1. The highest BCUT2D eigenvalue weighted by molar-refractivity contribution is 9.10. The summed E-state index contributed by atoms with van der Waals surface area (Å²) in [5.74, 6) is -0.217. The van der Waals surface area contributed by atoms with Gasteiger partial charge in [-0.2, -0.15) is 0 Å². The van der Waals surface area contributed by atoms with Crippen LogP contribution in [0.25, 0.3) is 0 Å². The highest BCUT2D eigenvalue weighted by Crippen LogP contribution is 2.19. The lowest BCUT2D eigenvalue weighted by atomic mass is 10.2. The van der Waals surface area contributed by atoms with Crippen LogP contribution in [0.2, 0.25) is 0 Å². The third-order valence-corrected chi connectivity index (χ3v) is 3.56. The van der Waals surface area contributed by atoms with E-state index in [2.05, 4.69) is 21.2 Å². The van der Waals surface area contributed by atoms with E-state index in [1.807, 2.05) is 6.07 Å². The predicted octanol–water partition coefficient (Wildman–Crippen LogP) is 3.12. The molecule has 1 N–H and O–H groups in total. The second-order valence-electron chi connectivity index (χ2n) is 4.20. The molecule has 0 fully saturated rings. The first-order valence-corrected chi connectivity index (χ1v) is 7.25. The highest BCUT2D eigenvalue weighted by atomic mass is 79.9. The van der Waals surface area contributed by atoms with Gasteiger partial charge in [0.2, 0.25) is 0 Å². The van der Waals surface area contributed by atoms with Crippen LogP contribution in [0, 0.1) is 5.82 Å². The maximum atomic E-state index is 13.3. The van der Waals surface area contributed by atoms with Crippen molar-refractivity contribution < 1.29 is 13.9 Å². The smallest absolute Gasteiger partial charge is 0.137 e. The normalized spacial score (nSPS) is 10.9. The van der Waals surface area contributed by atoms with Crippen molar-refractivity contribution in [2.45, 2.75) is 19.4 Å². The van der Waals surface area contributed by atoms with Crippen molar-refractivity contribution in [2.75, 3.05) is 33.5 Å². The summed E-state index contributed by atoms with van der Waals surface area (Å²) in [5, 5.41) is 3.29. The van der Waals surface area contributed by atoms with Crippen LogP contribution in [0.5, 0.6) is 0 Å². The SMILES string of the molecule is COCCOCCCCNCc1cccc(F)c1Br. The van der Waals surface area contributed by atoms with Crippen molar-refractivity contribution in [2.24, 2.45) is 0 Å². The van der Waals surface area contributed by atoms with Gasteiger partial charge in [0.25, 0.3) is 0 Å². The Morgan fingerprint density at radius 1 is 1.21 bits per heavy atom. The Bertz CT molecular complexity index is 363. The van der Waals surface area contributed by atoms with Crippen molar-refractivity contribution in [3.05, 3.63) is 34.1 Å². The van der Waals surface area contributed by atoms with Crippen molar-refractivity contribution in [3.8, 4) is 0 Å². The molecule has 1 rings (SSSR count). The molecule has 5 heteroatoms. The standard InChI is InChI=1S/C14H21BrFNO2/c1-18-9-10-19-8-3-2-7-17-11-12-5-4-6-13(16)14(12)15/h4-6,17H,2-3,7-11H2,1H3. The number of rotatable bonds is 10. The summed E-state index contributed by atoms with van der Waals surface area (Å²) < 4.78 is 24.1. The topological polar surface area (TPSA) is 30.5 Å². The van der Waals surface area contributed by atoms with E-state index in [-0.39, 0.29) is 5.82 Å². The van der Waals surface area contributed by atoms with Gasteiger partial charge in [-0.05, 0) is 46.9 Å². The van der Waals surface area contributed by atoms with Gasteiger partial charge >= 0.3 is 0 Å². The van der Waals surface area contributed by atoms with Crippen LogP contribution in [-0.4, -0.2) is 33.5 Å². The molecule has 0 unspecified atom stereocenters. The lowest BCUT2D eigenvalue weighted by Gasteiger charge is -2.07. The Hall–Kier alpha value is -0.490. The minimum atomic E-state index is -0.217. The molecule has 0 heterocycles. The molecule has 1 aromatic rings. The van der Waals surface area contributed by atoms with Crippen LogP contribution in [0.15, 0.2) is 22.7 Å². The van der Waals surface area contributed by atoms with Gasteiger partial charge in [0.05, 0.1) is 17.7 Å². The fourth-order valence-electron chi connectivity index (χ4n) is 1.61. The second kappa shape index (κ2) is 10.3. The van der Waals surface area contributed by atoms with E-state index in [0.717, 1.165) is 31.6 Å². The Labute approximate surface area is 122 Å². The molecule has 0 aliphatic rings. The first-order chi connectivity index (χ1) is 9.25. The van der Waals surface area contributed by atoms with Crippen molar-refractivity contribution in [1.82, 2.24) is 5.32 Å². The molecule has 0 atom stereocenters. The maximum Gasteiger partial charge on any atom is 0.137 e. The molecule has 0 aliphatic carbocycles. The number of benzene rings is 1. The van der Waals surface area contributed by atoms with Crippen molar-refractivity contribution in [1.29, 1.82) is 0 Å². The van der Waals surface area contributed by atoms with E-state index in [1.165, 1.54) is 6.07 Å². The zero-order valence-electron chi connectivity index (χ0n) is 11.3. The van der Waals surface area contributed by atoms with Gasteiger partial charge in [0, 0.05) is 20.3 Å². The minimum absolute atomic E-state index is 0.217. The van der Waals surface area contributed by atoms with E-state index < -0.39 is 0 Å². The third-order valence-electron chi connectivity index (χ3n) is 2.67. The summed E-state index contributed by atoms with van der Waals surface area (Å²) in [6.45, 7) is 3.63. The molecule has 0 aromatic heterocycles. The van der Waals surface area contributed by atoms with Crippen LogP contribution in [0.1, 0.15) is 18.4 Å². The quantitative estimate of drug-likeness (QED) is 0.667. The molecule has 19 heavy (non-hydrogen) atoms. The summed E-state index contributed by atoms with van der Waals surface area (Å²) in [5.41, 5.74) is 0.941. The number of hydrogen-bond donors (Lipinski definition) is 1. The largest absolute Gasteiger partial charge is 0.382 e. The lowest BCUT2D eigenvalue weighted by molar-refractivity contribution is 0.0688. The Morgan fingerprint density at radius 2 is 2.05 bits per heavy atom. The number of unbranched alkanes of at least 4 members (excludes halogenated alkanes) is 1. The predicted molar refractivity (Wildman–Crippen MR) is 77.7 cm³/mol. The van der Waals surface area contributed by atoms with Crippen LogP contribution in [0.4, 0.5) is 4.39 Å². The van der Waals surface area contributed by atoms with E-state index >= 15 is 0 Å². The van der Waals surface area contributed by atoms with Crippen molar-refractivity contribution >= 4 is 15.9 Å². The van der Waals surface area contributed by atoms with Gasteiger partial charge in [-0.1, -0.05) is 12.1 Å². The zero-order valence-corrected chi connectivity index (χ0v) is 12.8. The minimum Gasteiger partial charge on any atom is -0.382 e. The van der Waals surface area contributed by atoms with Crippen LogP contribution in [0.3, 0.4) is 0 Å². The maximum absolute atomic E-state index is 13.3. The van der Waals surface area contributed by atoms with Gasteiger partial charge in [-0.25, -0.2) is 4.39 Å². The fraction of sp³-hybridized carbons (Fsp3) is 0.571. The highest BCUT2D eigenvalue weighted by Gasteiger charge is 2.03. The van der Waals surface area contributed by atoms with Crippen LogP contribution in [-0.2, 0) is 16.0 Å². The molecule has 108 valence electrons. The summed E-state index contributed by atoms with van der Waals surface area (Å²) in [4.78, 5) is 0. The average Bonchev–Trinajstić information content (AvgIpc) is 2.41. The Morgan fingerprint density at radius 3 is 2.84 bits per heavy atom. The summed E-state index contributed by atoms with van der Waals surface area (Å²) >= 11 is 3.25. The summed E-state index contributed by atoms with van der Waals surface area (Å²) in [6.07, 6.45) is 2.06. The molecular weight excluding hydrogens is 313 g/mol. The van der Waals surface area contributed by atoms with Crippen LogP contribution < -0.4 is 5.32 Å². The van der Waals surface area contributed by atoms with Gasteiger partial charge in [0.15, 0.2) is 0 Å². The Kier molecular flexibility index (Phi) is 8.99. The molecule has 1 aromatic carbocycles. The molecule has 3 nitrogen and oxygen atoms in total. The number of hydrogen-bond acceptors (Lipinski definition) is 3. The lowest BCUT2D eigenvalue weighted by Crippen LogP contribution is -2.16. The molecule has 0 spiro atoms. The Balaban J connectivity index is 2.03. The molecule has 0 radical (unpaired) electrons. The molecule has 0 saturated carbocycles. The average molecular weight is 334 g/mol. The molecule has 0 aliphatic heterocycles. The monoisotopic (exact) mass is 333 g/mol. The number of halogens is 2. The number of nitrogens with one attached hydrogen (secondary N) is 1. The first kappa shape index (κ1) is 16.6. The summed E-state index contributed by atoms with van der Waals surface area (Å²) in [6, 6.07) is 5.08. The molecule has 0 bridgehead atoms. The van der Waals surface area contributed by atoms with E-state index in [1.54, 1.807) is 13.2 Å². The van der Waals surface area contributed by atoms with E-state index in [9.17, 15) is 4.39 Å². The summed E-state index contributed by atoms with van der Waals surface area (Å²) in [7, 11) is 1.66. The molecule has 0 amide bonds. The zero-order chi connectivity index (χ0) is 13.9. The number of ether oxygens (including phenoxy) is 2. The van der Waals surface area contributed by atoms with Crippen LogP contribution >= 0.6 is 15.9 Å². The van der Waals surface area contributed by atoms with Crippen molar-refractivity contribution in [3.63, 3.8) is 0 Å². The first-order valence-electron chi connectivity index (χ1n) is 6.46. The molecule has 0 saturated heterocycles. The van der Waals surface area contributed by atoms with Gasteiger partial charge in [0.1, 0.15) is 5.82 Å². The molecular formula is C14H21BrFNO2. The second-order valence-corrected chi connectivity index (χ2v) is 4.99. The van der Waals surface area contributed by atoms with Gasteiger partial charge < -0.3 is 14.8 Å². The van der Waals surface area contributed by atoms with Gasteiger partial charge in [-0.3, -0.25) is 0 Å². The third kappa shape index (κ3) is 7.01. The van der Waals surface area contributed by atoms with Gasteiger partial charge in [-0.15, -0.1) is 0 Å². The van der Waals surface area contributed by atoms with E-state index in [4.69, 9.17) is 9.47 Å².